The van der Waals surface area contributed by atoms with Gasteiger partial charge in [-0.15, -0.1) is 34.0 Å². The molecule has 0 saturated carbocycles. The van der Waals surface area contributed by atoms with E-state index in [9.17, 15) is 8.78 Å². The highest BCUT2D eigenvalue weighted by atomic mass is 32.1. The zero-order valence-electron chi connectivity index (χ0n) is 31.4. The summed E-state index contributed by atoms with van der Waals surface area (Å²) in [5, 5.41) is 0. The Hall–Kier alpha value is -4.67. The van der Waals surface area contributed by atoms with E-state index >= 15 is 35.1 Å². The lowest BCUT2D eigenvalue weighted by Gasteiger charge is -2.43. The fourth-order valence-electron chi connectivity index (χ4n) is 7.97. The van der Waals surface area contributed by atoms with Gasteiger partial charge in [0, 0.05) is 59.6 Å². The second-order valence-electron chi connectivity index (χ2n) is 14.1. The van der Waals surface area contributed by atoms with Crippen LogP contribution in [0.1, 0.15) is 48.0 Å². The van der Waals surface area contributed by atoms with Crippen molar-refractivity contribution in [3.8, 4) is 21.6 Å². The molecule has 0 N–H and O–H groups in total. The van der Waals surface area contributed by atoms with E-state index in [1.54, 1.807) is 25.1 Å². The van der Waals surface area contributed by atoms with Crippen LogP contribution in [0.2, 0.25) is 0 Å². The molecule has 0 spiro atoms. The summed E-state index contributed by atoms with van der Waals surface area (Å²) in [7, 11) is 0. The lowest BCUT2D eigenvalue weighted by Crippen LogP contribution is -2.73. The monoisotopic (exact) mass is 849 g/mol. The summed E-state index contributed by atoms with van der Waals surface area (Å²) in [5.41, 5.74) is -0.748. The number of hydrogen-bond acceptors (Lipinski definition) is 4. The van der Waals surface area contributed by atoms with E-state index < -0.39 is 81.3 Å². The minimum absolute atomic E-state index is 0.109. The zero-order chi connectivity index (χ0) is 41.7. The van der Waals surface area contributed by atoms with Crippen LogP contribution in [0, 0.1) is 107 Å². The summed E-state index contributed by atoms with van der Waals surface area (Å²) in [6, 6.07) is 8.65. The Morgan fingerprint density at radius 1 is 0.491 bits per heavy atom. The van der Waals surface area contributed by atoms with Gasteiger partial charge in [-0.25, -0.2) is 43.9 Å². The molecule has 16 heteroatoms. The highest BCUT2D eigenvalue weighted by Gasteiger charge is 2.59. The third-order valence-corrected chi connectivity index (χ3v) is 13.2. The molecular formula is C41H30BF10NOS3. The number of allylic oxidation sites excluding steroid dienone is 1. The average molecular weight is 850 g/mol. The predicted octanol–water partition coefficient (Wildman–Crippen LogP) is 12.2. The Bertz CT molecular complexity index is 2560. The number of nitrogens with zero attached hydrogens (tertiary/aromatic N) is 1. The highest BCUT2D eigenvalue weighted by molar-refractivity contribution is 7.18. The van der Waals surface area contributed by atoms with E-state index in [4.69, 9.17) is 4.65 Å². The van der Waals surface area contributed by atoms with Crippen molar-refractivity contribution < 1.29 is 53.0 Å². The van der Waals surface area contributed by atoms with Gasteiger partial charge in [-0.2, -0.15) is 0 Å². The molecule has 0 amide bonds. The van der Waals surface area contributed by atoms with E-state index in [1.165, 1.54) is 49.5 Å². The molecule has 3 aromatic carbocycles. The Morgan fingerprint density at radius 2 is 0.912 bits per heavy atom. The first-order chi connectivity index (χ1) is 26.7. The van der Waals surface area contributed by atoms with Crippen LogP contribution in [0.3, 0.4) is 0 Å². The summed E-state index contributed by atoms with van der Waals surface area (Å²) in [5.74, 6) is -26.2. The van der Waals surface area contributed by atoms with Crippen LogP contribution in [0.5, 0.6) is 0 Å². The number of rotatable bonds is 6. The Morgan fingerprint density at radius 3 is 1.33 bits per heavy atom. The minimum atomic E-state index is -4.93. The van der Waals surface area contributed by atoms with Gasteiger partial charge in [0.1, 0.15) is 29.0 Å². The molecule has 4 heterocycles. The van der Waals surface area contributed by atoms with Crippen LogP contribution < -0.4 is 10.9 Å². The normalized spacial score (nSPS) is 14.1. The SMILES string of the molecule is CC1=[N+](c2c(C)cc(C)cc2C)[B-](c2c(F)c(F)c(F)c(F)c2F)(c2c(F)c(F)c(F)c(F)c2F)OC(c2cc(-c3cc(C)sc3C)c(-c3cc(C)sc3C)s2)=C1. The van der Waals surface area contributed by atoms with Gasteiger partial charge in [0.15, 0.2) is 40.6 Å². The topological polar surface area (TPSA) is 12.2 Å². The molecule has 57 heavy (non-hydrogen) atoms. The minimum Gasteiger partial charge on any atom is -0.650 e. The van der Waals surface area contributed by atoms with Gasteiger partial charge in [0.05, 0.1) is 10.6 Å². The molecule has 0 bridgehead atoms. The summed E-state index contributed by atoms with van der Waals surface area (Å²) in [4.78, 5) is 4.62. The standard InChI is InChI=1S/C41H30BF10NOS3/c1-15-9-16(2)40(17(3)10-15)53-18(4)11-26(27-14-25(23-12-19(5)55-21(23)7)41(57-27)24-13-20(6)56-22(24)8)54-42(53,28-30(43)34(47)38(51)35(48)31(28)44)29-32(45)36(49)39(52)37(50)33(29)46/h9-14H,1-8H3. The highest BCUT2D eigenvalue weighted by Crippen LogP contribution is 2.48. The first-order valence-electron chi connectivity index (χ1n) is 17.3. The fraction of sp³-hybridized carbons (Fsp3) is 0.195. The molecule has 6 aromatic rings. The third-order valence-electron chi connectivity index (χ3n) is 10.1. The van der Waals surface area contributed by atoms with Crippen LogP contribution >= 0.6 is 34.0 Å². The van der Waals surface area contributed by atoms with Gasteiger partial charge >= 0.3 is 6.48 Å². The second-order valence-corrected chi connectivity index (χ2v) is 18.1. The molecule has 0 radical (unpaired) electrons. The predicted molar refractivity (Wildman–Crippen MR) is 208 cm³/mol. The fourth-order valence-corrected chi connectivity index (χ4v) is 11.1. The second kappa shape index (κ2) is 14.3. The lowest BCUT2D eigenvalue weighted by molar-refractivity contribution is -0.313. The molecule has 0 saturated heterocycles. The maximum absolute atomic E-state index is 16.5. The number of thiophene rings is 3. The van der Waals surface area contributed by atoms with E-state index in [2.05, 4.69) is 0 Å². The van der Waals surface area contributed by atoms with Crippen LogP contribution in [0.4, 0.5) is 49.6 Å². The molecular weight excluding hydrogens is 819 g/mol. The number of benzene rings is 3. The van der Waals surface area contributed by atoms with Crippen molar-refractivity contribution in [2.75, 3.05) is 0 Å². The van der Waals surface area contributed by atoms with Gasteiger partial charge in [-0.05, 0) is 95.3 Å². The molecule has 0 aliphatic carbocycles. The molecule has 7 rings (SSSR count). The zero-order valence-corrected chi connectivity index (χ0v) is 33.9. The van der Waals surface area contributed by atoms with Crippen LogP contribution in [0.25, 0.3) is 27.3 Å². The molecule has 3 aromatic heterocycles. The van der Waals surface area contributed by atoms with Crippen molar-refractivity contribution >= 4 is 68.6 Å². The molecule has 0 unspecified atom stereocenters. The van der Waals surface area contributed by atoms with Crippen molar-refractivity contribution in [2.45, 2.75) is 55.4 Å². The Labute approximate surface area is 333 Å². The third kappa shape index (κ3) is 6.17. The number of aryl methyl sites for hydroxylation is 7. The Balaban J connectivity index is 1.69. The summed E-state index contributed by atoms with van der Waals surface area (Å²) in [6.07, 6.45) is 1.33. The number of hydrogen-bond donors (Lipinski definition) is 0. The maximum Gasteiger partial charge on any atom is 0.525 e. The first-order valence-corrected chi connectivity index (χ1v) is 19.8. The first kappa shape index (κ1) is 40.5. The molecule has 2 nitrogen and oxygen atoms in total. The van der Waals surface area contributed by atoms with Crippen molar-refractivity contribution in [2.24, 2.45) is 0 Å². The molecule has 0 atom stereocenters. The summed E-state index contributed by atoms with van der Waals surface area (Å²) >= 11 is 4.13. The van der Waals surface area contributed by atoms with Gasteiger partial charge < -0.3 is 9.14 Å². The molecule has 0 fully saturated rings. The largest absolute Gasteiger partial charge is 0.650 e. The van der Waals surface area contributed by atoms with Crippen LogP contribution in [-0.2, 0) is 4.65 Å². The van der Waals surface area contributed by atoms with E-state index in [0.29, 0.717) is 16.0 Å². The van der Waals surface area contributed by atoms with Crippen molar-refractivity contribution in [3.05, 3.63) is 136 Å². The lowest BCUT2D eigenvalue weighted by atomic mass is 9.39. The van der Waals surface area contributed by atoms with Gasteiger partial charge in [-0.3, -0.25) is 0 Å². The Kier molecular flexibility index (Phi) is 10.2. The van der Waals surface area contributed by atoms with Gasteiger partial charge in [-0.1, -0.05) is 5.56 Å². The van der Waals surface area contributed by atoms with Crippen LogP contribution in [0.15, 0.2) is 36.4 Å². The molecule has 296 valence electrons. The maximum atomic E-state index is 16.5. The van der Waals surface area contributed by atoms with Crippen molar-refractivity contribution in [1.82, 2.24) is 0 Å². The van der Waals surface area contributed by atoms with Gasteiger partial charge in [0.25, 0.3) is 0 Å². The smallest absolute Gasteiger partial charge is 0.525 e. The average Bonchev–Trinajstić information content (AvgIpc) is 3.83. The molecule has 1 aliphatic heterocycles. The molecule has 1 aliphatic rings. The van der Waals surface area contributed by atoms with Crippen LogP contribution in [-0.4, -0.2) is 16.7 Å². The van der Waals surface area contributed by atoms with Crippen molar-refractivity contribution in [1.29, 1.82) is 0 Å². The summed E-state index contributed by atoms with van der Waals surface area (Å²) in [6.45, 7) is 8.69. The van der Waals surface area contributed by atoms with E-state index in [-0.39, 0.29) is 27.4 Å². The quantitative estimate of drug-likeness (QED) is 0.0704. The van der Waals surface area contributed by atoms with Crippen molar-refractivity contribution in [3.63, 3.8) is 0 Å². The number of halogens is 10. The van der Waals surface area contributed by atoms with E-state index in [0.717, 1.165) is 46.5 Å². The van der Waals surface area contributed by atoms with E-state index in [1.807, 2.05) is 39.8 Å². The van der Waals surface area contributed by atoms with Gasteiger partial charge in [0.2, 0.25) is 0 Å². The summed E-state index contributed by atoms with van der Waals surface area (Å²) < 4.78 is 164.